The van der Waals surface area contributed by atoms with Crippen LogP contribution in [-0.2, 0) is 10.0 Å². The second-order valence-corrected chi connectivity index (χ2v) is 8.96. The summed E-state index contributed by atoms with van der Waals surface area (Å²) in [6.45, 7) is 4.79. The minimum Gasteiger partial charge on any atom is -0.393 e. The van der Waals surface area contributed by atoms with Crippen molar-refractivity contribution >= 4 is 40.0 Å². The normalized spacial score (nSPS) is 26.8. The fourth-order valence-electron chi connectivity index (χ4n) is 3.38. The Morgan fingerprint density at radius 2 is 1.76 bits per heavy atom. The molecule has 2 fully saturated rings. The van der Waals surface area contributed by atoms with E-state index in [1.807, 2.05) is 6.92 Å². The van der Waals surface area contributed by atoms with E-state index in [1.165, 1.54) is 6.26 Å². The smallest absolute Gasteiger partial charge is 0.211 e. The summed E-state index contributed by atoms with van der Waals surface area (Å²) in [4.78, 5) is 4.70. The minimum atomic E-state index is -3.06. The Morgan fingerprint density at radius 3 is 2.28 bits per heavy atom. The molecule has 0 aromatic heterocycles. The van der Waals surface area contributed by atoms with Crippen LogP contribution in [0.5, 0.6) is 0 Å². The molecular weight excluding hydrogens is 455 g/mol. The molecule has 148 valence electrons. The Hall–Kier alpha value is -0.130. The number of aliphatic imine (C=N–C) groups is 1. The van der Waals surface area contributed by atoms with E-state index in [0.717, 1.165) is 57.6 Å². The number of hydrogen-bond acceptors (Lipinski definition) is 4. The molecule has 0 spiro atoms. The highest BCUT2D eigenvalue weighted by molar-refractivity contribution is 14.0. The van der Waals surface area contributed by atoms with Crippen LogP contribution in [0, 0.1) is 5.92 Å². The number of nitrogens with zero attached hydrogens (tertiary/aromatic N) is 2. The van der Waals surface area contributed by atoms with E-state index in [-0.39, 0.29) is 30.1 Å². The number of aliphatic hydroxyl groups excluding tert-OH is 1. The zero-order valence-corrected chi connectivity index (χ0v) is 18.4. The average Bonchev–Trinajstić information content (AvgIpc) is 2.54. The predicted molar refractivity (Wildman–Crippen MR) is 112 cm³/mol. The van der Waals surface area contributed by atoms with Crippen LogP contribution in [0.2, 0.25) is 0 Å². The Balaban J connectivity index is 0.00000312. The van der Waals surface area contributed by atoms with Gasteiger partial charge in [0, 0.05) is 32.2 Å². The highest BCUT2D eigenvalue weighted by Crippen LogP contribution is 2.20. The van der Waals surface area contributed by atoms with Gasteiger partial charge in [-0.2, -0.15) is 0 Å². The molecule has 1 heterocycles. The average molecular weight is 488 g/mol. The molecule has 0 atom stereocenters. The van der Waals surface area contributed by atoms with Gasteiger partial charge in [-0.1, -0.05) is 0 Å². The maximum absolute atomic E-state index is 11.5. The third kappa shape index (κ3) is 7.96. The lowest BCUT2D eigenvalue weighted by Gasteiger charge is -2.30. The highest BCUT2D eigenvalue weighted by atomic mass is 127. The van der Waals surface area contributed by atoms with Gasteiger partial charge in [0.1, 0.15) is 0 Å². The van der Waals surface area contributed by atoms with Gasteiger partial charge in [-0.25, -0.2) is 12.7 Å². The zero-order chi connectivity index (χ0) is 17.6. The van der Waals surface area contributed by atoms with Crippen molar-refractivity contribution in [3.63, 3.8) is 0 Å². The number of rotatable bonds is 5. The Morgan fingerprint density at radius 1 is 1.16 bits per heavy atom. The van der Waals surface area contributed by atoms with E-state index >= 15 is 0 Å². The Bertz CT molecular complexity index is 513. The van der Waals surface area contributed by atoms with Gasteiger partial charge in [0.05, 0.1) is 12.4 Å². The molecule has 0 amide bonds. The van der Waals surface area contributed by atoms with Crippen molar-refractivity contribution in [3.8, 4) is 0 Å². The van der Waals surface area contributed by atoms with Gasteiger partial charge in [0.15, 0.2) is 5.96 Å². The van der Waals surface area contributed by atoms with Crippen molar-refractivity contribution in [3.05, 3.63) is 0 Å². The summed E-state index contributed by atoms with van der Waals surface area (Å²) in [6.07, 6.45) is 6.50. The molecule has 0 bridgehead atoms. The minimum absolute atomic E-state index is 0. The van der Waals surface area contributed by atoms with Gasteiger partial charge in [-0.3, -0.25) is 4.99 Å². The summed E-state index contributed by atoms with van der Waals surface area (Å²) >= 11 is 0. The number of sulfonamides is 1. The SMILES string of the molecule is CCNC(=NCC1CCN(S(C)(=O)=O)CC1)NC1CCC(O)CC1.I. The number of piperidine rings is 1. The Kier molecular flexibility index (Phi) is 9.97. The molecule has 1 aliphatic carbocycles. The molecule has 1 saturated heterocycles. The number of aliphatic hydroxyl groups is 1. The lowest BCUT2D eigenvalue weighted by Crippen LogP contribution is -2.45. The lowest BCUT2D eigenvalue weighted by atomic mass is 9.93. The second-order valence-electron chi connectivity index (χ2n) is 6.97. The van der Waals surface area contributed by atoms with Crippen molar-refractivity contribution in [2.24, 2.45) is 10.9 Å². The van der Waals surface area contributed by atoms with Gasteiger partial charge in [0.2, 0.25) is 10.0 Å². The van der Waals surface area contributed by atoms with Crippen molar-refractivity contribution in [1.29, 1.82) is 0 Å². The van der Waals surface area contributed by atoms with Gasteiger partial charge >= 0.3 is 0 Å². The molecule has 0 unspecified atom stereocenters. The van der Waals surface area contributed by atoms with E-state index in [4.69, 9.17) is 4.99 Å². The molecule has 9 heteroatoms. The van der Waals surface area contributed by atoms with Crippen LogP contribution in [-0.4, -0.2) is 68.4 Å². The number of guanidine groups is 1. The fourth-order valence-corrected chi connectivity index (χ4v) is 4.25. The molecule has 2 rings (SSSR count). The van der Waals surface area contributed by atoms with E-state index in [9.17, 15) is 13.5 Å². The lowest BCUT2D eigenvalue weighted by molar-refractivity contribution is 0.120. The predicted octanol–water partition coefficient (Wildman–Crippen LogP) is 1.13. The Labute approximate surface area is 169 Å². The molecule has 3 N–H and O–H groups in total. The standard InChI is InChI=1S/C16H32N4O3S.HI/c1-3-17-16(19-14-4-6-15(21)7-5-14)18-12-13-8-10-20(11-9-13)24(2,22)23;/h13-15,21H,3-12H2,1-2H3,(H2,17,18,19);1H. The maximum Gasteiger partial charge on any atom is 0.211 e. The summed E-state index contributed by atoms with van der Waals surface area (Å²) in [6, 6.07) is 0.373. The molecule has 1 aliphatic heterocycles. The van der Waals surface area contributed by atoms with Crippen LogP contribution in [0.4, 0.5) is 0 Å². The van der Waals surface area contributed by atoms with Gasteiger partial charge < -0.3 is 15.7 Å². The number of hydrogen-bond donors (Lipinski definition) is 3. The van der Waals surface area contributed by atoms with Crippen molar-refractivity contribution in [2.45, 2.75) is 57.6 Å². The van der Waals surface area contributed by atoms with E-state index in [2.05, 4.69) is 10.6 Å². The first kappa shape index (κ1) is 22.9. The third-order valence-electron chi connectivity index (χ3n) is 4.93. The van der Waals surface area contributed by atoms with Crippen LogP contribution in [0.1, 0.15) is 45.4 Å². The monoisotopic (exact) mass is 488 g/mol. The summed E-state index contributed by atoms with van der Waals surface area (Å²) in [5, 5.41) is 16.4. The first-order valence-electron chi connectivity index (χ1n) is 9.06. The van der Waals surface area contributed by atoms with Crippen LogP contribution >= 0.6 is 24.0 Å². The topological polar surface area (TPSA) is 94.0 Å². The van der Waals surface area contributed by atoms with Crippen LogP contribution in [0.15, 0.2) is 4.99 Å². The van der Waals surface area contributed by atoms with Crippen molar-refractivity contribution < 1.29 is 13.5 Å². The number of halogens is 1. The first-order valence-corrected chi connectivity index (χ1v) is 10.9. The summed E-state index contributed by atoms with van der Waals surface area (Å²) < 4.78 is 24.7. The van der Waals surface area contributed by atoms with Crippen LogP contribution in [0.25, 0.3) is 0 Å². The second kappa shape index (κ2) is 10.9. The quantitative estimate of drug-likeness (QED) is 0.307. The van der Waals surface area contributed by atoms with Crippen molar-refractivity contribution in [2.75, 3.05) is 32.4 Å². The molecule has 0 radical (unpaired) electrons. The summed E-state index contributed by atoms with van der Waals surface area (Å²) in [7, 11) is -3.06. The summed E-state index contributed by atoms with van der Waals surface area (Å²) in [5.41, 5.74) is 0. The molecule has 2 aliphatic rings. The number of nitrogens with one attached hydrogen (secondary N) is 2. The first-order chi connectivity index (χ1) is 11.4. The zero-order valence-electron chi connectivity index (χ0n) is 15.3. The molecule has 0 aromatic rings. The van der Waals surface area contributed by atoms with Gasteiger partial charge in [-0.05, 0) is 51.4 Å². The maximum atomic E-state index is 11.5. The fraction of sp³-hybridized carbons (Fsp3) is 0.938. The third-order valence-corrected chi connectivity index (χ3v) is 6.24. The largest absolute Gasteiger partial charge is 0.393 e. The van der Waals surface area contributed by atoms with Crippen LogP contribution in [0.3, 0.4) is 0 Å². The van der Waals surface area contributed by atoms with E-state index in [1.54, 1.807) is 4.31 Å². The molecule has 0 aromatic carbocycles. The van der Waals surface area contributed by atoms with Crippen molar-refractivity contribution in [1.82, 2.24) is 14.9 Å². The van der Waals surface area contributed by atoms with E-state index < -0.39 is 10.0 Å². The van der Waals surface area contributed by atoms with E-state index in [0.29, 0.717) is 25.0 Å². The summed E-state index contributed by atoms with van der Waals surface area (Å²) in [5.74, 6) is 1.27. The highest BCUT2D eigenvalue weighted by Gasteiger charge is 2.25. The van der Waals surface area contributed by atoms with Gasteiger partial charge in [0.25, 0.3) is 0 Å². The molecular formula is C16H33IN4O3S. The molecule has 1 saturated carbocycles. The van der Waals surface area contributed by atoms with Gasteiger partial charge in [-0.15, -0.1) is 24.0 Å². The molecule has 25 heavy (non-hydrogen) atoms. The molecule has 7 nitrogen and oxygen atoms in total. The van der Waals surface area contributed by atoms with Crippen LogP contribution < -0.4 is 10.6 Å².